The predicted octanol–water partition coefficient (Wildman–Crippen LogP) is 5.68. The lowest BCUT2D eigenvalue weighted by Crippen LogP contribution is -2.47. The van der Waals surface area contributed by atoms with E-state index in [0.717, 1.165) is 5.56 Å². The van der Waals surface area contributed by atoms with Crippen molar-refractivity contribution in [1.29, 1.82) is 0 Å². The monoisotopic (exact) mass is 452 g/mol. The van der Waals surface area contributed by atoms with Gasteiger partial charge in [-0.25, -0.2) is 0 Å². The lowest BCUT2D eigenvalue weighted by atomic mass is 9.86. The Morgan fingerprint density at radius 1 is 1.00 bits per heavy atom. The molecule has 0 aliphatic rings. The van der Waals surface area contributed by atoms with Gasteiger partial charge in [0, 0.05) is 15.1 Å². The molecule has 2 rings (SSSR count). The minimum atomic E-state index is -0.831. The number of hydrogen-bond acceptors (Lipinski definition) is 2. The van der Waals surface area contributed by atoms with E-state index < -0.39 is 6.04 Å². The lowest BCUT2D eigenvalue weighted by molar-refractivity contribution is -0.126. The minimum absolute atomic E-state index is 0.281. The molecule has 0 aliphatic heterocycles. The summed E-state index contributed by atoms with van der Waals surface area (Å²) in [6.07, 6.45) is 4.24. The van der Waals surface area contributed by atoms with E-state index in [4.69, 9.17) is 34.8 Å². The van der Waals surface area contributed by atoms with Crippen LogP contribution in [0, 0.1) is 5.41 Å². The molecular formula is C22H23Cl3N2O2. The Labute approximate surface area is 186 Å². The molecule has 0 radical (unpaired) electrons. The number of nitrogens with one attached hydrogen (secondary N) is 2. The predicted molar refractivity (Wildman–Crippen MR) is 120 cm³/mol. The molecule has 0 unspecified atom stereocenters. The van der Waals surface area contributed by atoms with Crippen molar-refractivity contribution in [2.24, 2.45) is 5.41 Å². The van der Waals surface area contributed by atoms with Crippen LogP contribution in [0.15, 0.2) is 48.5 Å². The summed E-state index contributed by atoms with van der Waals surface area (Å²) >= 11 is 18.1. The summed E-state index contributed by atoms with van der Waals surface area (Å²) in [5, 5.41) is 7.20. The summed E-state index contributed by atoms with van der Waals surface area (Å²) in [6.45, 7) is 6.03. The number of hydrogen-bond donors (Lipinski definition) is 2. The quantitative estimate of drug-likeness (QED) is 0.530. The first-order valence-electron chi connectivity index (χ1n) is 9.00. The number of halogens is 3. The maximum absolute atomic E-state index is 13.0. The smallest absolute Gasteiger partial charge is 0.247 e. The van der Waals surface area contributed by atoms with Crippen molar-refractivity contribution >= 4 is 53.2 Å². The zero-order valence-electron chi connectivity index (χ0n) is 16.4. The van der Waals surface area contributed by atoms with E-state index in [0.29, 0.717) is 27.0 Å². The number of rotatable bonds is 7. The molecule has 154 valence electrons. The van der Waals surface area contributed by atoms with Crippen LogP contribution in [0.25, 0.3) is 6.08 Å². The maximum atomic E-state index is 13.0. The maximum Gasteiger partial charge on any atom is 0.247 e. The van der Waals surface area contributed by atoms with E-state index >= 15 is 0 Å². The molecule has 0 fully saturated rings. The third-order valence-electron chi connectivity index (χ3n) is 4.36. The number of amides is 2. The highest BCUT2D eigenvalue weighted by Gasteiger charge is 2.28. The highest BCUT2D eigenvalue weighted by Crippen LogP contribution is 2.26. The summed E-state index contributed by atoms with van der Waals surface area (Å²) < 4.78 is 0. The number of carbonyl (C=O) groups excluding carboxylic acids is 2. The molecule has 2 aromatic carbocycles. The Hall–Kier alpha value is -2.01. The molecule has 0 saturated heterocycles. The van der Waals surface area contributed by atoms with E-state index in [1.165, 1.54) is 0 Å². The van der Waals surface area contributed by atoms with E-state index in [-0.39, 0.29) is 17.4 Å². The molecule has 0 bridgehead atoms. The van der Waals surface area contributed by atoms with E-state index in [1.54, 1.807) is 36.4 Å². The highest BCUT2D eigenvalue weighted by atomic mass is 35.5. The Balaban J connectivity index is 2.25. The van der Waals surface area contributed by atoms with Gasteiger partial charge in [-0.1, -0.05) is 85.9 Å². The average Bonchev–Trinajstić information content (AvgIpc) is 2.64. The normalized spacial score (nSPS) is 13.7. The molecule has 2 amide bonds. The highest BCUT2D eigenvalue weighted by molar-refractivity contribution is 6.35. The fourth-order valence-electron chi connectivity index (χ4n) is 2.67. The van der Waals surface area contributed by atoms with Crippen LogP contribution in [0.5, 0.6) is 0 Å². The summed E-state index contributed by atoms with van der Waals surface area (Å²) in [4.78, 5) is 24.0. The van der Waals surface area contributed by atoms with Gasteiger partial charge in [0.15, 0.2) is 0 Å². The Bertz CT molecular complexity index is 890. The van der Waals surface area contributed by atoms with Crippen molar-refractivity contribution in [3.05, 3.63) is 74.7 Å². The van der Waals surface area contributed by atoms with Gasteiger partial charge in [-0.15, -0.1) is 0 Å². The van der Waals surface area contributed by atoms with Gasteiger partial charge in [-0.05, 0) is 40.8 Å². The summed E-state index contributed by atoms with van der Waals surface area (Å²) in [6, 6.07) is 10.8. The second kappa shape index (κ2) is 10.1. The van der Waals surface area contributed by atoms with Gasteiger partial charge in [-0.2, -0.15) is 0 Å². The van der Waals surface area contributed by atoms with Crippen molar-refractivity contribution in [3.8, 4) is 0 Å². The first-order chi connectivity index (χ1) is 13.6. The molecule has 0 saturated carbocycles. The SMILES string of the molecule is CC(C)(C)[C@@H](/C=C/c1ccc(Cl)cc1Cl)NC(=O)[C@H](NC=O)c1ccc(Cl)cc1. The van der Waals surface area contributed by atoms with Crippen LogP contribution < -0.4 is 10.6 Å². The van der Waals surface area contributed by atoms with Crippen molar-refractivity contribution in [1.82, 2.24) is 10.6 Å². The fourth-order valence-corrected chi connectivity index (χ4v) is 3.27. The van der Waals surface area contributed by atoms with Crippen LogP contribution in [0.2, 0.25) is 15.1 Å². The van der Waals surface area contributed by atoms with Gasteiger partial charge in [-0.3, -0.25) is 9.59 Å². The van der Waals surface area contributed by atoms with Crippen LogP contribution in [0.3, 0.4) is 0 Å². The largest absolute Gasteiger partial charge is 0.347 e. The molecule has 0 heterocycles. The molecule has 2 aromatic rings. The first kappa shape index (κ1) is 23.3. The van der Waals surface area contributed by atoms with Crippen molar-refractivity contribution in [3.63, 3.8) is 0 Å². The van der Waals surface area contributed by atoms with Gasteiger partial charge in [0.2, 0.25) is 12.3 Å². The molecule has 2 N–H and O–H groups in total. The van der Waals surface area contributed by atoms with Crippen LogP contribution in [-0.2, 0) is 9.59 Å². The average molecular weight is 454 g/mol. The first-order valence-corrected chi connectivity index (χ1v) is 10.1. The van der Waals surface area contributed by atoms with E-state index in [1.807, 2.05) is 39.0 Å². The van der Waals surface area contributed by atoms with Gasteiger partial charge >= 0.3 is 0 Å². The summed E-state index contributed by atoms with van der Waals surface area (Å²) in [5.74, 6) is -0.328. The number of carbonyl (C=O) groups is 2. The Kier molecular flexibility index (Phi) is 8.14. The van der Waals surface area contributed by atoms with E-state index in [9.17, 15) is 9.59 Å². The molecule has 0 aliphatic carbocycles. The van der Waals surface area contributed by atoms with Crippen molar-refractivity contribution in [2.75, 3.05) is 0 Å². The zero-order valence-corrected chi connectivity index (χ0v) is 18.6. The van der Waals surface area contributed by atoms with Crippen LogP contribution in [-0.4, -0.2) is 18.4 Å². The second-order valence-electron chi connectivity index (χ2n) is 7.65. The second-order valence-corrected chi connectivity index (χ2v) is 8.93. The Morgan fingerprint density at radius 2 is 1.62 bits per heavy atom. The lowest BCUT2D eigenvalue weighted by Gasteiger charge is -2.30. The zero-order chi connectivity index (χ0) is 21.6. The summed E-state index contributed by atoms with van der Waals surface area (Å²) in [7, 11) is 0. The topological polar surface area (TPSA) is 58.2 Å². The van der Waals surface area contributed by atoms with Crippen LogP contribution in [0.1, 0.15) is 37.9 Å². The van der Waals surface area contributed by atoms with Crippen molar-refractivity contribution in [2.45, 2.75) is 32.9 Å². The molecular weight excluding hydrogens is 431 g/mol. The standard InChI is InChI=1S/C22H23Cl3N2O2/c1-22(2,3)19(11-7-14-4-10-17(24)12-18(14)25)27-21(29)20(26-13-28)15-5-8-16(23)9-6-15/h4-13,19-20H,1-3H3,(H,26,28)(H,27,29)/b11-7+/t19-,20-/m1/s1. The van der Waals surface area contributed by atoms with Gasteiger partial charge in [0.1, 0.15) is 6.04 Å². The molecule has 7 heteroatoms. The third kappa shape index (κ3) is 6.77. The van der Waals surface area contributed by atoms with E-state index in [2.05, 4.69) is 10.6 Å². The third-order valence-corrected chi connectivity index (χ3v) is 5.18. The Morgan fingerprint density at radius 3 is 2.17 bits per heavy atom. The number of benzene rings is 2. The molecule has 0 spiro atoms. The van der Waals surface area contributed by atoms with Gasteiger partial charge in [0.25, 0.3) is 0 Å². The molecule has 29 heavy (non-hydrogen) atoms. The fraction of sp³-hybridized carbons (Fsp3) is 0.273. The molecule has 0 aromatic heterocycles. The van der Waals surface area contributed by atoms with Crippen LogP contribution >= 0.6 is 34.8 Å². The summed E-state index contributed by atoms with van der Waals surface area (Å²) in [5.41, 5.74) is 1.15. The van der Waals surface area contributed by atoms with Gasteiger partial charge < -0.3 is 10.6 Å². The molecule has 2 atom stereocenters. The van der Waals surface area contributed by atoms with Crippen molar-refractivity contribution < 1.29 is 9.59 Å². The van der Waals surface area contributed by atoms with Gasteiger partial charge in [0.05, 0.1) is 6.04 Å². The minimum Gasteiger partial charge on any atom is -0.347 e. The van der Waals surface area contributed by atoms with Crippen LogP contribution in [0.4, 0.5) is 0 Å². The molecule has 4 nitrogen and oxygen atoms in total.